The number of nitrogens with one attached hydrogen (secondary N) is 2. The highest BCUT2D eigenvalue weighted by atomic mass is 127. The van der Waals surface area contributed by atoms with Crippen molar-refractivity contribution in [3.05, 3.63) is 51.5 Å². The summed E-state index contributed by atoms with van der Waals surface area (Å²) in [6.07, 6.45) is -4.40. The molecule has 0 aliphatic heterocycles. The van der Waals surface area contributed by atoms with E-state index in [9.17, 15) is 13.2 Å². The molecule has 138 valence electrons. The molecule has 2 aromatic rings. The number of nitrogens with zero attached hydrogens (tertiary/aromatic N) is 2. The Balaban J connectivity index is 0.00000312. The molecule has 0 spiro atoms. The first kappa shape index (κ1) is 21.7. The number of hydrogen-bond acceptors (Lipinski definition) is 3. The Hall–Kier alpha value is -1.36. The van der Waals surface area contributed by atoms with E-state index in [2.05, 4.69) is 20.6 Å². The molecule has 0 amide bonds. The summed E-state index contributed by atoms with van der Waals surface area (Å²) in [7, 11) is 0. The lowest BCUT2D eigenvalue weighted by atomic mass is 10.1. The van der Waals surface area contributed by atoms with E-state index in [0.29, 0.717) is 24.1 Å². The third kappa shape index (κ3) is 7.18. The minimum Gasteiger partial charge on any atom is -0.357 e. The molecular formula is C16H20F3IN4S. The van der Waals surface area contributed by atoms with E-state index in [-0.39, 0.29) is 30.5 Å². The molecule has 0 aliphatic rings. The van der Waals surface area contributed by atoms with Crippen LogP contribution in [0.4, 0.5) is 13.2 Å². The quantitative estimate of drug-likeness (QED) is 0.377. The van der Waals surface area contributed by atoms with Crippen LogP contribution in [0.5, 0.6) is 0 Å². The van der Waals surface area contributed by atoms with Crippen LogP contribution in [0.3, 0.4) is 0 Å². The third-order valence-electron chi connectivity index (χ3n) is 3.10. The van der Waals surface area contributed by atoms with Crippen molar-refractivity contribution in [1.29, 1.82) is 0 Å². The van der Waals surface area contributed by atoms with Crippen LogP contribution in [0.15, 0.2) is 34.6 Å². The number of halogens is 4. The molecule has 9 heteroatoms. The summed E-state index contributed by atoms with van der Waals surface area (Å²) in [6.45, 7) is 5.28. The molecule has 0 saturated heterocycles. The highest BCUT2D eigenvalue weighted by molar-refractivity contribution is 14.0. The Morgan fingerprint density at radius 2 is 2.04 bits per heavy atom. The molecule has 0 fully saturated rings. The average Bonchev–Trinajstić information content (AvgIpc) is 2.99. The van der Waals surface area contributed by atoms with Gasteiger partial charge in [-0.2, -0.15) is 13.2 Å². The summed E-state index contributed by atoms with van der Waals surface area (Å²) in [5.41, 5.74) is 1.37. The van der Waals surface area contributed by atoms with Crippen LogP contribution in [0.1, 0.15) is 28.8 Å². The van der Waals surface area contributed by atoms with Gasteiger partial charge in [-0.05, 0) is 19.4 Å². The van der Waals surface area contributed by atoms with Crippen molar-refractivity contribution in [3.63, 3.8) is 0 Å². The number of thiazole rings is 1. The number of rotatable bonds is 5. The van der Waals surface area contributed by atoms with E-state index in [4.69, 9.17) is 0 Å². The average molecular weight is 484 g/mol. The molecule has 4 nitrogen and oxygen atoms in total. The summed E-state index contributed by atoms with van der Waals surface area (Å²) < 4.78 is 37.6. The molecule has 0 bridgehead atoms. The fourth-order valence-corrected chi connectivity index (χ4v) is 2.74. The van der Waals surface area contributed by atoms with E-state index in [1.807, 2.05) is 38.1 Å². The van der Waals surface area contributed by atoms with Gasteiger partial charge in [-0.25, -0.2) is 9.98 Å². The molecule has 0 atom stereocenters. The lowest BCUT2D eigenvalue weighted by Gasteiger charge is -2.10. The van der Waals surface area contributed by atoms with Crippen molar-refractivity contribution < 1.29 is 13.2 Å². The van der Waals surface area contributed by atoms with Gasteiger partial charge < -0.3 is 10.6 Å². The number of aryl methyl sites for hydroxylation is 1. The van der Waals surface area contributed by atoms with Gasteiger partial charge in [0.05, 0.1) is 13.1 Å². The lowest BCUT2D eigenvalue weighted by Crippen LogP contribution is -2.36. The van der Waals surface area contributed by atoms with Gasteiger partial charge in [-0.1, -0.05) is 29.8 Å². The molecule has 1 heterocycles. The topological polar surface area (TPSA) is 49.3 Å². The first-order valence-electron chi connectivity index (χ1n) is 7.48. The summed E-state index contributed by atoms with van der Waals surface area (Å²) in [4.78, 5) is 8.04. The van der Waals surface area contributed by atoms with E-state index in [1.54, 1.807) is 0 Å². The maximum absolute atomic E-state index is 12.5. The Morgan fingerprint density at radius 3 is 2.64 bits per heavy atom. The zero-order chi connectivity index (χ0) is 17.6. The highest BCUT2D eigenvalue weighted by Crippen LogP contribution is 2.29. The summed E-state index contributed by atoms with van der Waals surface area (Å²) in [5, 5.41) is 7.46. The molecule has 0 unspecified atom stereocenters. The predicted molar refractivity (Wildman–Crippen MR) is 105 cm³/mol. The van der Waals surface area contributed by atoms with E-state index in [0.717, 1.165) is 27.8 Å². The number of benzene rings is 1. The minimum atomic E-state index is -4.40. The first-order chi connectivity index (χ1) is 11.4. The standard InChI is InChI=1S/C16H19F3N4S.HI/c1-3-20-15(21-8-12-6-4-5-11(2)7-12)22-9-14-23-13(10-24-14)16(17,18)19;/h4-7,10H,3,8-9H2,1-2H3,(H2,20,21,22);1H. The highest BCUT2D eigenvalue weighted by Gasteiger charge is 2.33. The molecule has 25 heavy (non-hydrogen) atoms. The number of guanidine groups is 1. The van der Waals surface area contributed by atoms with Crippen molar-refractivity contribution in [2.45, 2.75) is 33.1 Å². The van der Waals surface area contributed by atoms with Crippen molar-refractivity contribution in [1.82, 2.24) is 15.6 Å². The second-order valence-electron chi connectivity index (χ2n) is 5.16. The van der Waals surface area contributed by atoms with Crippen LogP contribution in [-0.2, 0) is 19.3 Å². The predicted octanol–water partition coefficient (Wildman–Crippen LogP) is 4.34. The van der Waals surface area contributed by atoms with Gasteiger partial charge in [0.1, 0.15) is 5.01 Å². The zero-order valence-corrected chi connectivity index (χ0v) is 17.0. The molecular weight excluding hydrogens is 464 g/mol. The van der Waals surface area contributed by atoms with Gasteiger partial charge in [0.25, 0.3) is 0 Å². The van der Waals surface area contributed by atoms with Gasteiger partial charge >= 0.3 is 6.18 Å². The van der Waals surface area contributed by atoms with Gasteiger partial charge in [0.15, 0.2) is 11.7 Å². The molecule has 2 N–H and O–H groups in total. The Labute approximate surface area is 166 Å². The molecule has 1 aromatic carbocycles. The number of aromatic nitrogens is 1. The Morgan fingerprint density at radius 1 is 1.28 bits per heavy atom. The first-order valence-corrected chi connectivity index (χ1v) is 8.35. The number of aliphatic imine (C=N–C) groups is 1. The van der Waals surface area contributed by atoms with Gasteiger partial charge in [0, 0.05) is 11.9 Å². The summed E-state index contributed by atoms with van der Waals surface area (Å²) in [5.74, 6) is 0.544. The minimum absolute atomic E-state index is 0. The van der Waals surface area contributed by atoms with Crippen LogP contribution in [0, 0.1) is 6.92 Å². The van der Waals surface area contributed by atoms with Crippen LogP contribution in [0.2, 0.25) is 0 Å². The fourth-order valence-electron chi connectivity index (χ4n) is 2.00. The molecule has 0 radical (unpaired) electrons. The molecule has 0 saturated carbocycles. The largest absolute Gasteiger partial charge is 0.434 e. The van der Waals surface area contributed by atoms with Gasteiger partial charge in [-0.3, -0.25) is 0 Å². The zero-order valence-electron chi connectivity index (χ0n) is 13.9. The number of alkyl halides is 3. The fraction of sp³-hybridized carbons (Fsp3) is 0.375. The van der Waals surface area contributed by atoms with Crippen LogP contribution in [0.25, 0.3) is 0 Å². The van der Waals surface area contributed by atoms with E-state index >= 15 is 0 Å². The summed E-state index contributed by atoms with van der Waals surface area (Å²) in [6, 6.07) is 8.01. The van der Waals surface area contributed by atoms with Crippen LogP contribution >= 0.6 is 35.3 Å². The van der Waals surface area contributed by atoms with E-state index < -0.39 is 11.9 Å². The van der Waals surface area contributed by atoms with Gasteiger partial charge in [0.2, 0.25) is 0 Å². The van der Waals surface area contributed by atoms with Crippen LogP contribution in [-0.4, -0.2) is 17.5 Å². The van der Waals surface area contributed by atoms with E-state index in [1.165, 1.54) is 0 Å². The maximum Gasteiger partial charge on any atom is 0.434 e. The number of hydrogen-bond donors (Lipinski definition) is 2. The molecule has 2 rings (SSSR count). The Bertz CT molecular complexity index is 701. The second kappa shape index (κ2) is 9.95. The van der Waals surface area contributed by atoms with Crippen molar-refractivity contribution >= 4 is 41.3 Å². The van der Waals surface area contributed by atoms with Gasteiger partial charge in [-0.15, -0.1) is 35.3 Å². The smallest absolute Gasteiger partial charge is 0.357 e. The van der Waals surface area contributed by atoms with Crippen molar-refractivity contribution in [3.8, 4) is 0 Å². The van der Waals surface area contributed by atoms with Crippen molar-refractivity contribution in [2.24, 2.45) is 4.99 Å². The Kier molecular flexibility index (Phi) is 8.63. The third-order valence-corrected chi connectivity index (χ3v) is 3.94. The van der Waals surface area contributed by atoms with Crippen molar-refractivity contribution in [2.75, 3.05) is 6.54 Å². The maximum atomic E-state index is 12.5. The molecule has 0 aliphatic carbocycles. The summed E-state index contributed by atoms with van der Waals surface area (Å²) >= 11 is 0.977. The molecule has 1 aromatic heterocycles. The monoisotopic (exact) mass is 484 g/mol. The van der Waals surface area contributed by atoms with Crippen LogP contribution < -0.4 is 10.6 Å². The lowest BCUT2D eigenvalue weighted by molar-refractivity contribution is -0.140. The SMILES string of the molecule is CCNC(=NCc1cccc(C)c1)NCc1nc(C(F)(F)F)cs1.I. The second-order valence-corrected chi connectivity index (χ2v) is 6.10. The normalized spacial score (nSPS) is 11.8.